The van der Waals surface area contributed by atoms with Gasteiger partial charge in [0.2, 0.25) is 0 Å². The molecule has 0 fully saturated rings. The number of aliphatic hydroxyl groups excluding tert-OH is 1. The molecule has 0 unspecified atom stereocenters. The highest BCUT2D eigenvalue weighted by atomic mass is 16.3. The van der Waals surface area contributed by atoms with Crippen LogP contribution < -0.4 is 0 Å². The third kappa shape index (κ3) is 4.49. The summed E-state index contributed by atoms with van der Waals surface area (Å²) < 4.78 is 0. The molecule has 1 aromatic carbocycles. The first-order chi connectivity index (χ1) is 7.22. The molecule has 0 aliphatic carbocycles. The van der Waals surface area contributed by atoms with Crippen LogP contribution in [0.25, 0.3) is 0 Å². The number of rotatable bonds is 5. The average Bonchev–Trinajstić information content (AvgIpc) is 2.27. The van der Waals surface area contributed by atoms with Crippen molar-refractivity contribution in [2.45, 2.75) is 25.4 Å². The Morgan fingerprint density at radius 3 is 2.67 bits per heavy atom. The number of benzene rings is 1. The van der Waals surface area contributed by atoms with Gasteiger partial charge >= 0.3 is 0 Å². The van der Waals surface area contributed by atoms with Gasteiger partial charge in [-0.15, -0.1) is 6.42 Å². The predicted molar refractivity (Wildman–Crippen MR) is 63.4 cm³/mol. The second kappa shape index (κ2) is 6.06. The molecule has 1 nitrogen and oxygen atoms in total. The first-order valence-corrected chi connectivity index (χ1v) is 5.08. The van der Waals surface area contributed by atoms with E-state index < -0.39 is 0 Å². The van der Waals surface area contributed by atoms with Gasteiger partial charge in [-0.3, -0.25) is 0 Å². The van der Waals surface area contributed by atoms with Gasteiger partial charge in [0, 0.05) is 6.42 Å². The lowest BCUT2D eigenvalue weighted by Crippen LogP contribution is -2.08. The first-order valence-electron chi connectivity index (χ1n) is 5.08. The van der Waals surface area contributed by atoms with Crippen molar-refractivity contribution in [3.63, 3.8) is 0 Å². The van der Waals surface area contributed by atoms with Crippen molar-refractivity contribution in [3.05, 3.63) is 48.0 Å². The van der Waals surface area contributed by atoms with Crippen LogP contribution in [0.3, 0.4) is 0 Å². The zero-order valence-electron chi connectivity index (χ0n) is 8.82. The maximum atomic E-state index is 9.66. The lowest BCUT2D eigenvalue weighted by Gasteiger charge is -2.09. The molecule has 0 radical (unpaired) electrons. The molecule has 15 heavy (non-hydrogen) atoms. The molecular weight excluding hydrogens is 184 g/mol. The third-order valence-electron chi connectivity index (χ3n) is 2.30. The summed E-state index contributed by atoms with van der Waals surface area (Å²) in [6.07, 6.45) is 6.89. The summed E-state index contributed by atoms with van der Waals surface area (Å²) in [5.41, 5.74) is 1.90. The molecule has 0 aromatic heterocycles. The molecule has 0 spiro atoms. The maximum Gasteiger partial charge on any atom is 0.0589 e. The topological polar surface area (TPSA) is 20.2 Å². The zero-order valence-corrected chi connectivity index (χ0v) is 8.82. The van der Waals surface area contributed by atoms with Gasteiger partial charge in [0.05, 0.1) is 6.10 Å². The van der Waals surface area contributed by atoms with E-state index in [4.69, 9.17) is 6.42 Å². The SMILES string of the molecule is C#CC(=C)C[C@@H](O)CCc1ccccc1. The van der Waals surface area contributed by atoms with Crippen LogP contribution in [0, 0.1) is 12.3 Å². The summed E-state index contributed by atoms with van der Waals surface area (Å²) in [4.78, 5) is 0. The van der Waals surface area contributed by atoms with Crippen molar-refractivity contribution in [2.75, 3.05) is 0 Å². The Morgan fingerprint density at radius 2 is 2.07 bits per heavy atom. The van der Waals surface area contributed by atoms with Gasteiger partial charge in [0.15, 0.2) is 0 Å². The van der Waals surface area contributed by atoms with Crippen LogP contribution in [0.5, 0.6) is 0 Å². The molecule has 1 heteroatoms. The Labute approximate surface area is 91.5 Å². The van der Waals surface area contributed by atoms with E-state index in [1.54, 1.807) is 0 Å². The van der Waals surface area contributed by atoms with Gasteiger partial charge in [-0.25, -0.2) is 0 Å². The minimum absolute atomic E-state index is 0.381. The van der Waals surface area contributed by atoms with E-state index in [0.29, 0.717) is 12.0 Å². The molecule has 0 heterocycles. The Kier molecular flexibility index (Phi) is 4.66. The number of hydrogen-bond acceptors (Lipinski definition) is 1. The average molecular weight is 200 g/mol. The smallest absolute Gasteiger partial charge is 0.0589 e. The van der Waals surface area contributed by atoms with E-state index in [1.807, 2.05) is 18.2 Å². The normalized spacial score (nSPS) is 11.7. The minimum atomic E-state index is -0.381. The number of aliphatic hydroxyl groups is 1. The van der Waals surface area contributed by atoms with Gasteiger partial charge in [-0.05, 0) is 24.0 Å². The summed E-state index contributed by atoms with van der Waals surface area (Å²) in [5, 5.41) is 9.66. The highest BCUT2D eigenvalue weighted by molar-refractivity contribution is 5.22. The fourth-order valence-corrected chi connectivity index (χ4v) is 1.42. The monoisotopic (exact) mass is 200 g/mol. The summed E-state index contributed by atoms with van der Waals surface area (Å²) in [6.45, 7) is 3.67. The molecule has 0 aliphatic heterocycles. The zero-order chi connectivity index (χ0) is 11.1. The van der Waals surface area contributed by atoms with Crippen LogP contribution >= 0.6 is 0 Å². The lowest BCUT2D eigenvalue weighted by molar-refractivity contribution is 0.166. The van der Waals surface area contributed by atoms with Crippen molar-refractivity contribution in [1.29, 1.82) is 0 Å². The van der Waals surface area contributed by atoms with E-state index in [9.17, 15) is 5.11 Å². The van der Waals surface area contributed by atoms with E-state index >= 15 is 0 Å². The van der Waals surface area contributed by atoms with E-state index in [2.05, 4.69) is 24.6 Å². The fourth-order valence-electron chi connectivity index (χ4n) is 1.42. The van der Waals surface area contributed by atoms with Crippen molar-refractivity contribution >= 4 is 0 Å². The van der Waals surface area contributed by atoms with Gasteiger partial charge in [-0.1, -0.05) is 42.8 Å². The third-order valence-corrected chi connectivity index (χ3v) is 2.30. The number of hydrogen-bond donors (Lipinski definition) is 1. The molecule has 1 atom stereocenters. The Bertz CT molecular complexity index is 345. The van der Waals surface area contributed by atoms with Crippen LogP contribution in [0.2, 0.25) is 0 Å². The van der Waals surface area contributed by atoms with Crippen molar-refractivity contribution in [2.24, 2.45) is 0 Å². The Balaban J connectivity index is 2.32. The maximum absolute atomic E-state index is 9.66. The number of terminal acetylenes is 1. The second-order valence-corrected chi connectivity index (χ2v) is 3.63. The van der Waals surface area contributed by atoms with Crippen molar-refractivity contribution in [3.8, 4) is 12.3 Å². The quantitative estimate of drug-likeness (QED) is 0.724. The largest absolute Gasteiger partial charge is 0.393 e. The first kappa shape index (κ1) is 11.6. The summed E-state index contributed by atoms with van der Waals surface area (Å²) in [5.74, 6) is 2.44. The molecule has 0 saturated carbocycles. The number of aryl methyl sites for hydroxylation is 1. The Hall–Kier alpha value is -1.52. The summed E-state index contributed by atoms with van der Waals surface area (Å²) in [7, 11) is 0. The van der Waals surface area contributed by atoms with Gasteiger partial charge in [-0.2, -0.15) is 0 Å². The molecule has 78 valence electrons. The molecule has 0 amide bonds. The molecule has 1 aromatic rings. The lowest BCUT2D eigenvalue weighted by atomic mass is 10.0. The second-order valence-electron chi connectivity index (χ2n) is 3.63. The summed E-state index contributed by atoms with van der Waals surface area (Å²) >= 11 is 0. The van der Waals surface area contributed by atoms with Crippen LogP contribution in [-0.4, -0.2) is 11.2 Å². The predicted octanol–water partition coefficient (Wildman–Crippen LogP) is 2.56. The molecule has 1 rings (SSSR count). The molecule has 0 bridgehead atoms. The minimum Gasteiger partial charge on any atom is -0.393 e. The van der Waals surface area contributed by atoms with Crippen molar-refractivity contribution < 1.29 is 5.11 Å². The molecular formula is C14H16O. The standard InChI is InChI=1S/C14H16O/c1-3-12(2)11-14(15)10-9-13-7-5-4-6-8-13/h1,4-8,14-15H,2,9-11H2/t14-/m0/s1. The summed E-state index contributed by atoms with van der Waals surface area (Å²) in [6, 6.07) is 10.1. The van der Waals surface area contributed by atoms with Crippen LogP contribution in [-0.2, 0) is 6.42 Å². The van der Waals surface area contributed by atoms with Crippen molar-refractivity contribution in [1.82, 2.24) is 0 Å². The van der Waals surface area contributed by atoms with E-state index in [1.165, 1.54) is 5.56 Å². The highest BCUT2D eigenvalue weighted by Crippen LogP contribution is 2.10. The fraction of sp³-hybridized carbons (Fsp3) is 0.286. The van der Waals surface area contributed by atoms with Gasteiger partial charge < -0.3 is 5.11 Å². The van der Waals surface area contributed by atoms with Crippen LogP contribution in [0.15, 0.2) is 42.5 Å². The van der Waals surface area contributed by atoms with E-state index in [-0.39, 0.29) is 6.10 Å². The van der Waals surface area contributed by atoms with E-state index in [0.717, 1.165) is 12.8 Å². The van der Waals surface area contributed by atoms with Crippen LogP contribution in [0.4, 0.5) is 0 Å². The highest BCUT2D eigenvalue weighted by Gasteiger charge is 2.05. The molecule has 0 aliphatic rings. The molecule has 0 saturated heterocycles. The molecule has 1 N–H and O–H groups in total. The van der Waals surface area contributed by atoms with Gasteiger partial charge in [0.1, 0.15) is 0 Å². The Morgan fingerprint density at radius 1 is 1.40 bits per heavy atom. The van der Waals surface area contributed by atoms with Crippen LogP contribution in [0.1, 0.15) is 18.4 Å². The van der Waals surface area contributed by atoms with Gasteiger partial charge in [0.25, 0.3) is 0 Å².